The first-order chi connectivity index (χ1) is 16.0. The van der Waals surface area contributed by atoms with Crippen molar-refractivity contribution in [2.24, 2.45) is 11.3 Å². The van der Waals surface area contributed by atoms with Gasteiger partial charge in [0, 0.05) is 16.7 Å². The molecule has 1 N–H and O–H groups in total. The van der Waals surface area contributed by atoms with Crippen molar-refractivity contribution in [2.75, 3.05) is 24.6 Å². The van der Waals surface area contributed by atoms with E-state index in [9.17, 15) is 19.2 Å². The summed E-state index contributed by atoms with van der Waals surface area (Å²) in [4.78, 5) is 54.9. The molecule has 3 aliphatic rings. The predicted molar refractivity (Wildman–Crippen MR) is 129 cm³/mol. The molecule has 1 spiro atoms. The summed E-state index contributed by atoms with van der Waals surface area (Å²) in [6.07, 6.45) is 2.87. The first-order valence-corrected chi connectivity index (χ1v) is 12.7. The summed E-state index contributed by atoms with van der Waals surface area (Å²) in [5.41, 5.74) is -0.260. The highest BCUT2D eigenvalue weighted by molar-refractivity contribution is 8.00. The number of carbonyl (C=O) groups excluding carboxylic acids is 4. The fourth-order valence-electron chi connectivity index (χ4n) is 5.79. The second kappa shape index (κ2) is 9.24. The highest BCUT2D eigenvalue weighted by atomic mass is 32.2. The van der Waals surface area contributed by atoms with Crippen LogP contribution in [0.4, 0.5) is 10.5 Å². The average Bonchev–Trinajstić information content (AvgIpc) is 2.87. The molecule has 0 aromatic heterocycles. The van der Waals surface area contributed by atoms with Crippen LogP contribution in [-0.2, 0) is 19.1 Å². The maximum atomic E-state index is 13.2. The molecule has 9 heteroatoms. The number of para-hydroxylation sites is 1. The Morgan fingerprint density at radius 1 is 1.18 bits per heavy atom. The summed E-state index contributed by atoms with van der Waals surface area (Å²) in [7, 11) is 0. The number of benzene rings is 1. The number of hydrogen-bond donors (Lipinski definition) is 1. The third-order valence-electron chi connectivity index (χ3n) is 6.81. The molecule has 3 atom stereocenters. The number of hydrogen-bond acceptors (Lipinski definition) is 6. The van der Waals surface area contributed by atoms with Crippen molar-refractivity contribution in [3.63, 3.8) is 0 Å². The van der Waals surface area contributed by atoms with E-state index in [1.165, 1.54) is 0 Å². The van der Waals surface area contributed by atoms with E-state index in [0.29, 0.717) is 24.6 Å². The van der Waals surface area contributed by atoms with E-state index in [-0.39, 0.29) is 23.1 Å². The van der Waals surface area contributed by atoms with Gasteiger partial charge in [-0.3, -0.25) is 19.3 Å². The molecule has 1 aliphatic carbocycles. The molecule has 4 rings (SSSR count). The monoisotopic (exact) mass is 487 g/mol. The van der Waals surface area contributed by atoms with Crippen LogP contribution in [0.2, 0.25) is 0 Å². The van der Waals surface area contributed by atoms with Crippen LogP contribution in [0, 0.1) is 11.3 Å². The lowest BCUT2D eigenvalue weighted by atomic mass is 9.64. The minimum Gasteiger partial charge on any atom is -0.454 e. The molecule has 2 fully saturated rings. The molecule has 4 amide bonds. The van der Waals surface area contributed by atoms with Gasteiger partial charge in [-0.05, 0) is 49.1 Å². The smallest absolute Gasteiger partial charge is 0.326 e. The fourth-order valence-corrected chi connectivity index (χ4v) is 6.90. The lowest BCUT2D eigenvalue weighted by Gasteiger charge is -2.43. The maximum Gasteiger partial charge on any atom is 0.326 e. The number of rotatable bonds is 4. The molecule has 8 nitrogen and oxygen atoms in total. The SMILES string of the molecule is CC1CC(C)(C)CC2(C1)NC(=O)N(CC(=O)OCC(=O)N1CCC(C)Sc3ccccc31)C2=O. The number of ether oxygens (including phenoxy) is 1. The van der Waals surface area contributed by atoms with Crippen molar-refractivity contribution in [1.29, 1.82) is 0 Å². The van der Waals surface area contributed by atoms with Gasteiger partial charge in [0.1, 0.15) is 12.1 Å². The number of nitrogens with zero attached hydrogens (tertiary/aromatic N) is 2. The number of amides is 4. The minimum atomic E-state index is -0.974. The molecular weight excluding hydrogens is 454 g/mol. The van der Waals surface area contributed by atoms with Crippen LogP contribution in [0.5, 0.6) is 0 Å². The number of nitrogens with one attached hydrogen (secondary N) is 1. The van der Waals surface area contributed by atoms with Crippen LogP contribution in [0.3, 0.4) is 0 Å². The van der Waals surface area contributed by atoms with Crippen molar-refractivity contribution in [3.05, 3.63) is 24.3 Å². The molecule has 2 heterocycles. The molecule has 184 valence electrons. The molecule has 2 aliphatic heterocycles. The normalized spacial score (nSPS) is 28.4. The number of esters is 1. The summed E-state index contributed by atoms with van der Waals surface area (Å²) >= 11 is 1.72. The summed E-state index contributed by atoms with van der Waals surface area (Å²) in [5.74, 6) is -1.21. The molecular formula is C25H33N3O5S. The van der Waals surface area contributed by atoms with Gasteiger partial charge < -0.3 is 15.0 Å². The Morgan fingerprint density at radius 2 is 1.91 bits per heavy atom. The van der Waals surface area contributed by atoms with Gasteiger partial charge in [-0.25, -0.2) is 4.79 Å². The van der Waals surface area contributed by atoms with E-state index >= 15 is 0 Å². The van der Waals surface area contributed by atoms with Gasteiger partial charge in [-0.1, -0.05) is 39.8 Å². The lowest BCUT2D eigenvalue weighted by Crippen LogP contribution is -2.54. The molecule has 1 aromatic carbocycles. The van der Waals surface area contributed by atoms with Crippen LogP contribution >= 0.6 is 11.8 Å². The number of imide groups is 1. The largest absolute Gasteiger partial charge is 0.454 e. The van der Waals surface area contributed by atoms with E-state index in [1.807, 2.05) is 24.3 Å². The Balaban J connectivity index is 1.38. The van der Waals surface area contributed by atoms with Crippen molar-refractivity contribution >= 4 is 41.3 Å². The van der Waals surface area contributed by atoms with Crippen LogP contribution < -0.4 is 10.2 Å². The van der Waals surface area contributed by atoms with Gasteiger partial charge in [0.2, 0.25) is 0 Å². The van der Waals surface area contributed by atoms with E-state index in [0.717, 1.165) is 28.3 Å². The number of fused-ring (bicyclic) bond motifs is 1. The second-order valence-electron chi connectivity index (χ2n) is 10.6. The molecule has 0 radical (unpaired) electrons. The molecule has 3 unspecified atom stereocenters. The molecule has 1 aromatic rings. The Bertz CT molecular complexity index is 1010. The summed E-state index contributed by atoms with van der Waals surface area (Å²) in [6.45, 7) is 7.97. The Hall–Kier alpha value is -2.55. The van der Waals surface area contributed by atoms with E-state index in [4.69, 9.17) is 4.74 Å². The first-order valence-electron chi connectivity index (χ1n) is 11.9. The van der Waals surface area contributed by atoms with Gasteiger partial charge >= 0.3 is 12.0 Å². The first kappa shape index (κ1) is 24.6. The lowest BCUT2D eigenvalue weighted by molar-refractivity contribution is -0.151. The Labute approximate surface area is 204 Å². The van der Waals surface area contributed by atoms with Crippen molar-refractivity contribution in [2.45, 2.75) is 69.1 Å². The van der Waals surface area contributed by atoms with Gasteiger partial charge in [0.05, 0.1) is 5.69 Å². The van der Waals surface area contributed by atoms with Gasteiger partial charge in [-0.15, -0.1) is 11.8 Å². The van der Waals surface area contributed by atoms with Crippen molar-refractivity contribution in [3.8, 4) is 0 Å². The molecule has 1 saturated heterocycles. The topological polar surface area (TPSA) is 96.0 Å². The Kier molecular flexibility index (Phi) is 6.68. The summed E-state index contributed by atoms with van der Waals surface area (Å²) < 4.78 is 5.23. The maximum absolute atomic E-state index is 13.2. The summed E-state index contributed by atoms with van der Waals surface area (Å²) in [6, 6.07) is 7.10. The van der Waals surface area contributed by atoms with E-state index < -0.39 is 30.7 Å². The molecule has 1 saturated carbocycles. The van der Waals surface area contributed by atoms with Crippen LogP contribution in [0.1, 0.15) is 53.4 Å². The zero-order chi connectivity index (χ0) is 24.7. The number of anilines is 1. The third-order valence-corrected chi connectivity index (χ3v) is 8.05. The van der Waals surface area contributed by atoms with Gasteiger partial charge in [-0.2, -0.15) is 0 Å². The standard InChI is InChI=1S/C25H33N3O5S/c1-16-11-24(3,4)15-25(12-16)22(31)28(23(32)26-25)13-21(30)33-14-20(29)27-10-9-17(2)34-19-8-6-5-7-18(19)27/h5-8,16-17H,9-15H2,1-4H3,(H,26,32). The van der Waals surface area contributed by atoms with Gasteiger partial charge in [0.25, 0.3) is 11.8 Å². The van der Waals surface area contributed by atoms with Crippen molar-refractivity contribution < 1.29 is 23.9 Å². The zero-order valence-electron chi connectivity index (χ0n) is 20.3. The second-order valence-corrected chi connectivity index (χ2v) is 12.1. The van der Waals surface area contributed by atoms with E-state index in [1.54, 1.807) is 16.7 Å². The van der Waals surface area contributed by atoms with Crippen LogP contribution in [0.25, 0.3) is 0 Å². The number of thioether (sulfide) groups is 1. The molecule has 0 bridgehead atoms. The summed E-state index contributed by atoms with van der Waals surface area (Å²) in [5, 5.41) is 3.21. The third kappa shape index (κ3) is 4.94. The van der Waals surface area contributed by atoms with Crippen molar-refractivity contribution in [1.82, 2.24) is 10.2 Å². The predicted octanol–water partition coefficient (Wildman–Crippen LogP) is 3.58. The number of urea groups is 1. The van der Waals surface area contributed by atoms with Crippen LogP contribution in [-0.4, -0.2) is 59.2 Å². The zero-order valence-corrected chi connectivity index (χ0v) is 21.1. The van der Waals surface area contributed by atoms with Gasteiger partial charge in [0.15, 0.2) is 6.61 Å². The highest BCUT2D eigenvalue weighted by Gasteiger charge is 2.56. The van der Waals surface area contributed by atoms with E-state index in [2.05, 4.69) is 33.0 Å². The quantitative estimate of drug-likeness (QED) is 0.515. The average molecular weight is 488 g/mol. The molecule has 34 heavy (non-hydrogen) atoms. The number of carbonyl (C=O) groups is 4. The Morgan fingerprint density at radius 3 is 2.65 bits per heavy atom. The fraction of sp³-hybridized carbons (Fsp3) is 0.600. The highest BCUT2D eigenvalue weighted by Crippen LogP contribution is 2.46. The van der Waals surface area contributed by atoms with Crippen LogP contribution in [0.15, 0.2) is 29.2 Å². The minimum absolute atomic E-state index is 0.0945.